The molecule has 0 aliphatic rings. The summed E-state index contributed by atoms with van der Waals surface area (Å²) in [6.07, 6.45) is 0.728. The van der Waals surface area contributed by atoms with Crippen LogP contribution in [0.5, 0.6) is 0 Å². The summed E-state index contributed by atoms with van der Waals surface area (Å²) in [4.78, 5) is 25.0. The average molecular weight is 302 g/mol. The minimum absolute atomic E-state index is 0.122. The number of amides is 1. The maximum Gasteiger partial charge on any atom is 0.335 e. The van der Waals surface area contributed by atoms with E-state index in [0.717, 1.165) is 0 Å². The molecule has 0 N–H and O–H groups in total. The van der Waals surface area contributed by atoms with E-state index in [9.17, 15) is 9.59 Å². The van der Waals surface area contributed by atoms with Crippen LogP contribution in [0, 0.1) is 11.3 Å². The molecule has 1 atom stereocenters. The van der Waals surface area contributed by atoms with E-state index in [1.54, 1.807) is 30.3 Å². The first-order chi connectivity index (χ1) is 10.6. The highest BCUT2D eigenvalue weighted by molar-refractivity contribution is 5.95. The second-order valence-electron chi connectivity index (χ2n) is 4.35. The van der Waals surface area contributed by atoms with Gasteiger partial charge in [-0.2, -0.15) is 5.26 Å². The maximum absolute atomic E-state index is 12.1. The number of anilines is 1. The summed E-state index contributed by atoms with van der Waals surface area (Å²) in [6.45, 7) is 4.65. The minimum atomic E-state index is -0.785. The molecule has 0 saturated carbocycles. The first-order valence-corrected chi connectivity index (χ1v) is 6.71. The van der Waals surface area contributed by atoms with Crippen molar-refractivity contribution >= 4 is 17.6 Å². The fourth-order valence-corrected chi connectivity index (χ4v) is 1.61. The molecule has 0 saturated heterocycles. The lowest BCUT2D eigenvalue weighted by Crippen LogP contribution is -2.36. The first-order valence-electron chi connectivity index (χ1n) is 6.71. The number of ether oxygens (including phenoxy) is 2. The quantitative estimate of drug-likeness (QED) is 0.414. The molecule has 0 spiro atoms. The zero-order chi connectivity index (χ0) is 16.4. The van der Waals surface area contributed by atoms with Crippen LogP contribution in [0.15, 0.2) is 43.0 Å². The van der Waals surface area contributed by atoms with Crippen LogP contribution in [0.1, 0.15) is 6.92 Å². The minimum Gasteiger partial charge on any atom is -0.454 e. The van der Waals surface area contributed by atoms with E-state index in [0.29, 0.717) is 5.69 Å². The molecular formula is C16H18N2O4. The van der Waals surface area contributed by atoms with Gasteiger partial charge in [0.1, 0.15) is 6.54 Å². The van der Waals surface area contributed by atoms with Crippen molar-refractivity contribution in [3.8, 4) is 6.07 Å². The van der Waals surface area contributed by atoms with Gasteiger partial charge in [0.05, 0.1) is 12.7 Å². The number of rotatable bonds is 8. The smallest absolute Gasteiger partial charge is 0.335 e. The highest BCUT2D eigenvalue weighted by Gasteiger charge is 2.20. The number of carbonyl (C=O) groups excluding carboxylic acids is 2. The fraction of sp³-hybridized carbons (Fsp3) is 0.312. The van der Waals surface area contributed by atoms with Gasteiger partial charge in [0.2, 0.25) is 0 Å². The molecule has 1 aromatic carbocycles. The van der Waals surface area contributed by atoms with Crippen molar-refractivity contribution in [2.45, 2.75) is 13.0 Å². The van der Waals surface area contributed by atoms with Gasteiger partial charge >= 0.3 is 5.97 Å². The van der Waals surface area contributed by atoms with Crippen LogP contribution < -0.4 is 4.90 Å². The van der Waals surface area contributed by atoms with Gasteiger partial charge in [0, 0.05) is 5.69 Å². The van der Waals surface area contributed by atoms with Crippen LogP contribution in [0.2, 0.25) is 0 Å². The van der Waals surface area contributed by atoms with E-state index in [-0.39, 0.29) is 13.2 Å². The number of esters is 1. The van der Waals surface area contributed by atoms with Crippen molar-refractivity contribution in [3.63, 3.8) is 0 Å². The molecule has 6 heteroatoms. The number of hydrogen-bond acceptors (Lipinski definition) is 5. The standard InChI is InChI=1S/C16H18N2O4/c1-3-11-21-13(2)16(20)22-12-15(19)18(10-9-17)14-7-5-4-6-8-14/h3-8,13H,1,10-12H2,2H3. The van der Waals surface area contributed by atoms with Gasteiger partial charge < -0.3 is 9.47 Å². The SMILES string of the molecule is C=CCOC(C)C(=O)OCC(=O)N(CC#N)c1ccccc1. The summed E-state index contributed by atoms with van der Waals surface area (Å²) in [7, 11) is 0. The van der Waals surface area contributed by atoms with Crippen molar-refractivity contribution in [2.75, 3.05) is 24.7 Å². The largest absolute Gasteiger partial charge is 0.454 e. The van der Waals surface area contributed by atoms with Crippen molar-refractivity contribution in [3.05, 3.63) is 43.0 Å². The Morgan fingerprint density at radius 2 is 2.09 bits per heavy atom. The Morgan fingerprint density at radius 1 is 1.41 bits per heavy atom. The van der Waals surface area contributed by atoms with Crippen molar-refractivity contribution in [2.24, 2.45) is 0 Å². The summed E-state index contributed by atoms with van der Waals surface area (Å²) in [6, 6.07) is 10.6. The Balaban J connectivity index is 2.60. The van der Waals surface area contributed by atoms with E-state index in [1.807, 2.05) is 6.07 Å². The second-order valence-corrected chi connectivity index (χ2v) is 4.35. The molecule has 6 nitrogen and oxygen atoms in total. The number of hydrogen-bond donors (Lipinski definition) is 0. The third kappa shape index (κ3) is 5.38. The summed E-state index contributed by atoms with van der Waals surface area (Å²) in [5, 5.41) is 8.83. The van der Waals surface area contributed by atoms with Gasteiger partial charge in [0.25, 0.3) is 5.91 Å². The van der Waals surface area contributed by atoms with Crippen molar-refractivity contribution < 1.29 is 19.1 Å². The number of para-hydroxylation sites is 1. The van der Waals surface area contributed by atoms with Crippen LogP contribution in [-0.4, -0.2) is 37.7 Å². The van der Waals surface area contributed by atoms with E-state index in [2.05, 4.69) is 6.58 Å². The second kappa shape index (κ2) is 9.32. The molecule has 116 valence electrons. The van der Waals surface area contributed by atoms with Gasteiger partial charge in [-0.15, -0.1) is 6.58 Å². The summed E-state index contributed by atoms with van der Waals surface area (Å²) < 4.78 is 10.0. The van der Waals surface area contributed by atoms with Crippen molar-refractivity contribution in [1.82, 2.24) is 0 Å². The van der Waals surface area contributed by atoms with Crippen LogP contribution in [0.3, 0.4) is 0 Å². The van der Waals surface area contributed by atoms with E-state index >= 15 is 0 Å². The topological polar surface area (TPSA) is 79.6 Å². The van der Waals surface area contributed by atoms with E-state index in [1.165, 1.54) is 17.9 Å². The lowest BCUT2D eigenvalue weighted by atomic mass is 10.3. The molecule has 1 aromatic rings. The van der Waals surface area contributed by atoms with Gasteiger partial charge in [-0.05, 0) is 19.1 Å². The Bertz CT molecular complexity index is 551. The zero-order valence-corrected chi connectivity index (χ0v) is 12.4. The van der Waals surface area contributed by atoms with Crippen LogP contribution in [0.25, 0.3) is 0 Å². The molecule has 1 unspecified atom stereocenters. The summed E-state index contributed by atoms with van der Waals surface area (Å²) in [5.74, 6) is -1.11. The fourth-order valence-electron chi connectivity index (χ4n) is 1.61. The third-order valence-electron chi connectivity index (χ3n) is 2.73. The molecule has 0 bridgehead atoms. The predicted molar refractivity (Wildman–Crippen MR) is 81.0 cm³/mol. The van der Waals surface area contributed by atoms with Gasteiger partial charge in [-0.1, -0.05) is 24.3 Å². The Morgan fingerprint density at radius 3 is 2.68 bits per heavy atom. The molecule has 0 aliphatic carbocycles. The monoisotopic (exact) mass is 302 g/mol. The van der Waals surface area contributed by atoms with Crippen molar-refractivity contribution in [1.29, 1.82) is 5.26 Å². The average Bonchev–Trinajstić information content (AvgIpc) is 2.55. The number of benzene rings is 1. The predicted octanol–water partition coefficient (Wildman–Crippen LogP) is 1.68. The molecule has 22 heavy (non-hydrogen) atoms. The molecule has 0 fully saturated rings. The van der Waals surface area contributed by atoms with Crippen LogP contribution in [-0.2, 0) is 19.1 Å². The molecular weight excluding hydrogens is 284 g/mol. The van der Waals surface area contributed by atoms with Gasteiger partial charge in [-0.25, -0.2) is 4.79 Å². The normalized spacial score (nSPS) is 11.1. The number of carbonyl (C=O) groups is 2. The molecule has 0 aliphatic heterocycles. The third-order valence-corrected chi connectivity index (χ3v) is 2.73. The molecule has 1 amide bonds. The summed E-state index contributed by atoms with van der Waals surface area (Å²) >= 11 is 0. The molecule has 0 aromatic heterocycles. The number of nitriles is 1. The molecule has 0 heterocycles. The van der Waals surface area contributed by atoms with Crippen LogP contribution >= 0.6 is 0 Å². The highest BCUT2D eigenvalue weighted by Crippen LogP contribution is 2.13. The van der Waals surface area contributed by atoms with Gasteiger partial charge in [-0.3, -0.25) is 9.69 Å². The van der Waals surface area contributed by atoms with Gasteiger partial charge in [0.15, 0.2) is 12.7 Å². The Labute approximate surface area is 129 Å². The lowest BCUT2D eigenvalue weighted by Gasteiger charge is -2.20. The van der Waals surface area contributed by atoms with E-state index < -0.39 is 24.6 Å². The summed E-state index contributed by atoms with van der Waals surface area (Å²) in [5.41, 5.74) is 0.570. The maximum atomic E-state index is 12.1. The molecule has 0 radical (unpaired) electrons. The van der Waals surface area contributed by atoms with Crippen LogP contribution in [0.4, 0.5) is 5.69 Å². The first kappa shape index (κ1) is 17.4. The highest BCUT2D eigenvalue weighted by atomic mass is 16.6. The Hall–Kier alpha value is -2.65. The zero-order valence-electron chi connectivity index (χ0n) is 12.4. The van der Waals surface area contributed by atoms with E-state index in [4.69, 9.17) is 14.7 Å². The lowest BCUT2D eigenvalue weighted by molar-refractivity contribution is -0.157. The Kier molecular flexibility index (Phi) is 7.37. The molecule has 1 rings (SSSR count). The number of nitrogens with zero attached hydrogens (tertiary/aromatic N) is 2.